The second kappa shape index (κ2) is 6.00. The molecule has 2 unspecified atom stereocenters. The van der Waals surface area contributed by atoms with Gasteiger partial charge >= 0.3 is 0 Å². The molecule has 0 bridgehead atoms. The number of rotatable bonds is 4. The number of nitrogens with zero attached hydrogens (tertiary/aromatic N) is 2. The van der Waals surface area contributed by atoms with E-state index in [1.54, 1.807) is 4.68 Å². The van der Waals surface area contributed by atoms with Crippen LogP contribution in [0.5, 0.6) is 0 Å². The molecule has 0 aromatic carbocycles. The molecule has 1 N–H and O–H groups in total. The van der Waals surface area contributed by atoms with E-state index < -0.39 is 15.9 Å². The van der Waals surface area contributed by atoms with E-state index in [9.17, 15) is 13.2 Å². The van der Waals surface area contributed by atoms with Crippen molar-refractivity contribution in [2.24, 2.45) is 5.92 Å². The van der Waals surface area contributed by atoms with Crippen molar-refractivity contribution in [3.8, 4) is 0 Å². The molecule has 0 radical (unpaired) electrons. The molecule has 2 aliphatic heterocycles. The van der Waals surface area contributed by atoms with Gasteiger partial charge in [0.1, 0.15) is 0 Å². The van der Waals surface area contributed by atoms with Gasteiger partial charge in [0.25, 0.3) is 5.91 Å². The predicted octanol–water partition coefficient (Wildman–Crippen LogP) is 0.704. The Kier molecular flexibility index (Phi) is 4.22. The van der Waals surface area contributed by atoms with Crippen molar-refractivity contribution in [1.82, 2.24) is 14.5 Å². The Balaban J connectivity index is 1.70. The summed E-state index contributed by atoms with van der Waals surface area (Å²) in [5.74, 6) is -0.286. The number of aromatic nitrogens is 2. The zero-order valence-corrected chi connectivity index (χ0v) is 13.4. The highest BCUT2D eigenvalue weighted by atomic mass is 32.2. The van der Waals surface area contributed by atoms with Crippen molar-refractivity contribution in [3.63, 3.8) is 0 Å². The van der Waals surface area contributed by atoms with Crippen LogP contribution in [0.2, 0.25) is 0 Å². The van der Waals surface area contributed by atoms with E-state index in [1.807, 2.05) is 0 Å². The lowest BCUT2D eigenvalue weighted by atomic mass is 9.96. The maximum Gasteiger partial charge on any atom is 0.268 e. The van der Waals surface area contributed by atoms with Crippen LogP contribution in [0.4, 0.5) is 0 Å². The average molecular weight is 327 g/mol. The monoisotopic (exact) mass is 327 g/mol. The number of hydrogen-bond acceptors (Lipinski definition) is 5. The lowest BCUT2D eigenvalue weighted by Crippen LogP contribution is -2.36. The number of hydrogen-bond donors (Lipinski definition) is 1. The van der Waals surface area contributed by atoms with Gasteiger partial charge in [0.05, 0.1) is 29.3 Å². The molecule has 2 aliphatic rings. The highest BCUT2D eigenvalue weighted by molar-refractivity contribution is 7.90. The maximum atomic E-state index is 12.3. The van der Waals surface area contributed by atoms with Crippen LogP contribution in [-0.2, 0) is 27.7 Å². The van der Waals surface area contributed by atoms with Crippen LogP contribution in [0.15, 0.2) is 6.20 Å². The molecule has 7 nitrogen and oxygen atoms in total. The number of fused-ring (bicyclic) bond motifs is 1. The van der Waals surface area contributed by atoms with Crippen molar-refractivity contribution in [2.45, 2.75) is 45.3 Å². The van der Waals surface area contributed by atoms with E-state index in [-0.39, 0.29) is 11.9 Å². The van der Waals surface area contributed by atoms with Crippen molar-refractivity contribution in [3.05, 3.63) is 17.5 Å². The number of carbonyl (C=O) groups is 1. The number of carbonyl (C=O) groups excluding carboxylic acids is 1. The Morgan fingerprint density at radius 3 is 3.05 bits per heavy atom. The Morgan fingerprint density at radius 1 is 1.50 bits per heavy atom. The molecule has 2 atom stereocenters. The Bertz CT molecular complexity index is 662. The molecule has 0 aliphatic carbocycles. The molecule has 1 fully saturated rings. The molecule has 122 valence electrons. The van der Waals surface area contributed by atoms with Gasteiger partial charge in [0, 0.05) is 13.2 Å². The van der Waals surface area contributed by atoms with Gasteiger partial charge in [-0.2, -0.15) is 5.10 Å². The second-order valence-corrected chi connectivity index (χ2v) is 7.94. The SMILES string of the molecule is CC1CCn2ncc(C(=O)NS(=O)(=O)CC3CCCO3)c2C1. The summed E-state index contributed by atoms with van der Waals surface area (Å²) in [4.78, 5) is 12.3. The first kappa shape index (κ1) is 15.5. The quantitative estimate of drug-likeness (QED) is 0.879. The lowest BCUT2D eigenvalue weighted by Gasteiger charge is -2.20. The van der Waals surface area contributed by atoms with Crippen LogP contribution in [0.3, 0.4) is 0 Å². The zero-order chi connectivity index (χ0) is 15.7. The molecule has 1 amide bonds. The fourth-order valence-corrected chi connectivity index (χ4v) is 4.27. The third kappa shape index (κ3) is 3.33. The molecule has 3 heterocycles. The number of amides is 1. The largest absolute Gasteiger partial charge is 0.377 e. The number of aryl methyl sites for hydroxylation is 1. The molecule has 1 aromatic heterocycles. The highest BCUT2D eigenvalue weighted by Crippen LogP contribution is 2.22. The van der Waals surface area contributed by atoms with Crippen LogP contribution in [0.1, 0.15) is 42.2 Å². The minimum atomic E-state index is -3.69. The Labute approximate surface area is 130 Å². The van der Waals surface area contributed by atoms with Gasteiger partial charge in [-0.25, -0.2) is 13.1 Å². The van der Waals surface area contributed by atoms with Crippen LogP contribution in [0, 0.1) is 5.92 Å². The summed E-state index contributed by atoms with van der Waals surface area (Å²) in [6.07, 6.45) is 4.50. The van der Waals surface area contributed by atoms with E-state index in [0.717, 1.165) is 37.9 Å². The first-order valence-corrected chi connectivity index (χ1v) is 9.31. The van der Waals surface area contributed by atoms with Crippen molar-refractivity contribution >= 4 is 15.9 Å². The number of sulfonamides is 1. The molecule has 3 rings (SSSR count). The van der Waals surface area contributed by atoms with Crippen LogP contribution < -0.4 is 4.72 Å². The summed E-state index contributed by atoms with van der Waals surface area (Å²) in [7, 11) is -3.69. The van der Waals surface area contributed by atoms with E-state index >= 15 is 0 Å². The fraction of sp³-hybridized carbons (Fsp3) is 0.714. The van der Waals surface area contributed by atoms with Crippen molar-refractivity contribution in [2.75, 3.05) is 12.4 Å². The minimum Gasteiger partial charge on any atom is -0.377 e. The van der Waals surface area contributed by atoms with Gasteiger partial charge in [-0.1, -0.05) is 6.92 Å². The third-order valence-electron chi connectivity index (χ3n) is 4.25. The first-order valence-electron chi connectivity index (χ1n) is 7.66. The van der Waals surface area contributed by atoms with Crippen LogP contribution >= 0.6 is 0 Å². The fourth-order valence-electron chi connectivity index (χ4n) is 3.04. The normalized spacial score (nSPS) is 25.0. The zero-order valence-electron chi connectivity index (χ0n) is 12.6. The Morgan fingerprint density at radius 2 is 2.32 bits per heavy atom. The van der Waals surface area contributed by atoms with Crippen molar-refractivity contribution in [1.29, 1.82) is 0 Å². The summed E-state index contributed by atoms with van der Waals surface area (Å²) in [5, 5.41) is 4.18. The number of nitrogens with one attached hydrogen (secondary N) is 1. The standard InChI is InChI=1S/C14H21N3O4S/c1-10-4-5-17-13(7-10)12(8-15-17)14(18)16-22(19,20)9-11-3-2-6-21-11/h8,10-11H,2-7,9H2,1H3,(H,16,18). The van der Waals surface area contributed by atoms with E-state index in [1.165, 1.54) is 6.20 Å². The van der Waals surface area contributed by atoms with Crippen LogP contribution in [0.25, 0.3) is 0 Å². The minimum absolute atomic E-state index is 0.168. The van der Waals surface area contributed by atoms with Gasteiger partial charge in [-0.15, -0.1) is 0 Å². The van der Waals surface area contributed by atoms with Gasteiger partial charge in [0.2, 0.25) is 10.0 Å². The molecule has 0 saturated carbocycles. The molecule has 22 heavy (non-hydrogen) atoms. The Hall–Kier alpha value is -1.41. The first-order chi connectivity index (χ1) is 10.4. The van der Waals surface area contributed by atoms with Gasteiger partial charge in [-0.3, -0.25) is 9.48 Å². The molecule has 1 saturated heterocycles. The van der Waals surface area contributed by atoms with Crippen LogP contribution in [-0.4, -0.2) is 42.6 Å². The summed E-state index contributed by atoms with van der Waals surface area (Å²) in [5.41, 5.74) is 1.19. The lowest BCUT2D eigenvalue weighted by molar-refractivity contribution is 0.0978. The van der Waals surface area contributed by atoms with E-state index in [2.05, 4.69) is 16.7 Å². The summed E-state index contributed by atoms with van der Waals surface area (Å²) in [6.45, 7) is 3.47. The van der Waals surface area contributed by atoms with E-state index in [0.29, 0.717) is 18.1 Å². The summed E-state index contributed by atoms with van der Waals surface area (Å²) >= 11 is 0. The topological polar surface area (TPSA) is 90.3 Å². The van der Waals surface area contributed by atoms with E-state index in [4.69, 9.17) is 4.74 Å². The highest BCUT2D eigenvalue weighted by Gasteiger charge is 2.28. The molecule has 1 aromatic rings. The van der Waals surface area contributed by atoms with Gasteiger partial charge < -0.3 is 4.74 Å². The average Bonchev–Trinajstić information content (AvgIpc) is 3.06. The summed E-state index contributed by atoms with van der Waals surface area (Å²) in [6, 6.07) is 0. The van der Waals surface area contributed by atoms with Gasteiger partial charge in [-0.05, 0) is 31.6 Å². The number of ether oxygens (including phenoxy) is 1. The van der Waals surface area contributed by atoms with Gasteiger partial charge in [0.15, 0.2) is 0 Å². The molecule has 8 heteroatoms. The molecular weight excluding hydrogens is 306 g/mol. The smallest absolute Gasteiger partial charge is 0.268 e. The van der Waals surface area contributed by atoms with Crippen molar-refractivity contribution < 1.29 is 17.9 Å². The third-order valence-corrected chi connectivity index (χ3v) is 5.55. The second-order valence-electron chi connectivity index (χ2n) is 6.17. The summed E-state index contributed by atoms with van der Waals surface area (Å²) < 4.78 is 33.4. The molecule has 0 spiro atoms. The predicted molar refractivity (Wildman–Crippen MR) is 79.9 cm³/mol. The molecular formula is C14H21N3O4S. The maximum absolute atomic E-state index is 12.3.